The number of carbonyl (C=O) groups excluding carboxylic acids is 1. The van der Waals surface area contributed by atoms with E-state index in [0.717, 1.165) is 6.07 Å². The van der Waals surface area contributed by atoms with E-state index in [1.807, 2.05) is 0 Å². The molecule has 1 aromatic rings. The minimum absolute atomic E-state index is 0.00418. The fourth-order valence-electron chi connectivity index (χ4n) is 1.23. The van der Waals surface area contributed by atoms with Crippen molar-refractivity contribution in [1.29, 1.82) is 0 Å². The van der Waals surface area contributed by atoms with Crippen molar-refractivity contribution in [2.24, 2.45) is 0 Å². The SMILES string of the molecule is COCC(CBr)NC(=O)c1ccc(Cl)c(F)c1. The van der Waals surface area contributed by atoms with Gasteiger partial charge < -0.3 is 10.1 Å². The molecule has 0 aliphatic rings. The number of rotatable bonds is 5. The van der Waals surface area contributed by atoms with Crippen LogP contribution < -0.4 is 5.32 Å². The first-order valence-electron chi connectivity index (χ1n) is 4.89. The molecule has 1 N–H and O–H groups in total. The normalized spacial score (nSPS) is 12.2. The molecule has 0 aliphatic heterocycles. The van der Waals surface area contributed by atoms with Gasteiger partial charge >= 0.3 is 0 Å². The maximum Gasteiger partial charge on any atom is 0.251 e. The lowest BCUT2D eigenvalue weighted by Crippen LogP contribution is -2.39. The van der Waals surface area contributed by atoms with E-state index in [9.17, 15) is 9.18 Å². The fourth-order valence-corrected chi connectivity index (χ4v) is 1.70. The van der Waals surface area contributed by atoms with Crippen molar-refractivity contribution in [1.82, 2.24) is 5.32 Å². The van der Waals surface area contributed by atoms with E-state index < -0.39 is 5.82 Å². The molecule has 0 bridgehead atoms. The molecule has 17 heavy (non-hydrogen) atoms. The zero-order valence-electron chi connectivity index (χ0n) is 9.17. The van der Waals surface area contributed by atoms with Crippen LogP contribution in [0.1, 0.15) is 10.4 Å². The number of hydrogen-bond acceptors (Lipinski definition) is 2. The lowest BCUT2D eigenvalue weighted by Gasteiger charge is -2.15. The van der Waals surface area contributed by atoms with E-state index in [1.165, 1.54) is 12.1 Å². The van der Waals surface area contributed by atoms with Gasteiger partial charge in [0.25, 0.3) is 5.91 Å². The third kappa shape index (κ3) is 4.26. The summed E-state index contributed by atoms with van der Waals surface area (Å²) in [6.07, 6.45) is 0. The molecule has 3 nitrogen and oxygen atoms in total. The van der Waals surface area contributed by atoms with Crippen LogP contribution >= 0.6 is 27.5 Å². The monoisotopic (exact) mass is 323 g/mol. The second-order valence-corrected chi connectivity index (χ2v) is 4.46. The average Bonchev–Trinajstić information content (AvgIpc) is 2.31. The minimum Gasteiger partial charge on any atom is -0.383 e. The summed E-state index contributed by atoms with van der Waals surface area (Å²) in [5.41, 5.74) is 0.231. The summed E-state index contributed by atoms with van der Waals surface area (Å²) in [5, 5.41) is 3.26. The number of benzene rings is 1. The van der Waals surface area contributed by atoms with E-state index >= 15 is 0 Å². The van der Waals surface area contributed by atoms with Crippen molar-refractivity contribution in [2.45, 2.75) is 6.04 Å². The van der Waals surface area contributed by atoms with E-state index in [0.29, 0.717) is 11.9 Å². The molecule has 0 aliphatic carbocycles. The molecule has 1 aromatic carbocycles. The highest BCUT2D eigenvalue weighted by Gasteiger charge is 2.13. The number of carbonyl (C=O) groups is 1. The number of hydrogen-bond donors (Lipinski definition) is 1. The highest BCUT2D eigenvalue weighted by molar-refractivity contribution is 9.09. The molecule has 0 saturated heterocycles. The largest absolute Gasteiger partial charge is 0.383 e. The highest BCUT2D eigenvalue weighted by Crippen LogP contribution is 2.15. The molecular weight excluding hydrogens is 312 g/mol. The molecule has 6 heteroatoms. The third-order valence-electron chi connectivity index (χ3n) is 2.07. The summed E-state index contributed by atoms with van der Waals surface area (Å²) < 4.78 is 18.1. The molecule has 0 aromatic heterocycles. The molecule has 0 heterocycles. The number of ether oxygens (including phenoxy) is 1. The Morgan fingerprint density at radius 2 is 2.35 bits per heavy atom. The first-order valence-corrected chi connectivity index (χ1v) is 6.39. The Morgan fingerprint density at radius 3 is 2.88 bits per heavy atom. The zero-order chi connectivity index (χ0) is 12.8. The molecule has 1 amide bonds. The van der Waals surface area contributed by atoms with Gasteiger partial charge in [-0.15, -0.1) is 0 Å². The maximum absolute atomic E-state index is 13.2. The van der Waals surface area contributed by atoms with Crippen LogP contribution in [0.15, 0.2) is 18.2 Å². The predicted octanol–water partition coefficient (Wildman–Crippen LogP) is 2.62. The van der Waals surface area contributed by atoms with Gasteiger partial charge in [0.1, 0.15) is 5.82 Å². The van der Waals surface area contributed by atoms with E-state index in [4.69, 9.17) is 16.3 Å². The van der Waals surface area contributed by atoms with E-state index in [2.05, 4.69) is 21.2 Å². The first kappa shape index (κ1) is 14.4. The second kappa shape index (κ2) is 6.93. The van der Waals surface area contributed by atoms with Gasteiger partial charge in [-0.25, -0.2) is 4.39 Å². The molecule has 94 valence electrons. The number of halogens is 3. The van der Waals surface area contributed by atoms with Crippen LogP contribution in [0.5, 0.6) is 0 Å². The second-order valence-electron chi connectivity index (χ2n) is 3.41. The van der Waals surface area contributed by atoms with Gasteiger partial charge in [-0.3, -0.25) is 4.79 Å². The van der Waals surface area contributed by atoms with Crippen molar-refractivity contribution >= 4 is 33.4 Å². The van der Waals surface area contributed by atoms with Gasteiger partial charge in [0.15, 0.2) is 0 Å². The number of alkyl halides is 1. The molecule has 1 atom stereocenters. The Bertz CT molecular complexity index is 403. The molecule has 0 radical (unpaired) electrons. The molecule has 0 spiro atoms. The fraction of sp³-hybridized carbons (Fsp3) is 0.364. The Morgan fingerprint density at radius 1 is 1.65 bits per heavy atom. The summed E-state index contributed by atoms with van der Waals surface area (Å²) in [4.78, 5) is 11.8. The predicted molar refractivity (Wildman–Crippen MR) is 68.3 cm³/mol. The molecule has 0 fully saturated rings. The Labute approximate surface area is 112 Å². The van der Waals surface area contributed by atoms with Crippen molar-refractivity contribution in [3.05, 3.63) is 34.6 Å². The van der Waals surface area contributed by atoms with Gasteiger partial charge in [0.05, 0.1) is 17.7 Å². The van der Waals surface area contributed by atoms with Crippen LogP contribution in [0.3, 0.4) is 0 Å². The summed E-state index contributed by atoms with van der Waals surface area (Å²) in [5.74, 6) is -0.969. The Hall–Kier alpha value is -0.650. The zero-order valence-corrected chi connectivity index (χ0v) is 11.5. The summed E-state index contributed by atoms with van der Waals surface area (Å²) in [6, 6.07) is 3.77. The van der Waals surface area contributed by atoms with Crippen molar-refractivity contribution in [3.8, 4) is 0 Å². The quantitative estimate of drug-likeness (QED) is 0.846. The van der Waals surface area contributed by atoms with Crippen LogP contribution in [0.2, 0.25) is 5.02 Å². The van der Waals surface area contributed by atoms with Gasteiger partial charge in [-0.05, 0) is 18.2 Å². The number of nitrogens with one attached hydrogen (secondary N) is 1. The Balaban J connectivity index is 2.72. The minimum atomic E-state index is -0.610. The number of amides is 1. The van der Waals surface area contributed by atoms with Gasteiger partial charge in [0, 0.05) is 18.0 Å². The van der Waals surface area contributed by atoms with Gasteiger partial charge in [0.2, 0.25) is 0 Å². The molecular formula is C11H12BrClFNO2. The standard InChI is InChI=1S/C11H12BrClFNO2/c1-17-6-8(5-12)15-11(16)7-2-3-9(13)10(14)4-7/h2-4,8H,5-6H2,1H3,(H,15,16). The number of methoxy groups -OCH3 is 1. The Kier molecular flexibility index (Phi) is 5.88. The van der Waals surface area contributed by atoms with Crippen LogP contribution in [0.4, 0.5) is 4.39 Å². The van der Waals surface area contributed by atoms with Crippen LogP contribution in [0.25, 0.3) is 0 Å². The topological polar surface area (TPSA) is 38.3 Å². The molecule has 0 saturated carbocycles. The summed E-state index contributed by atoms with van der Waals surface area (Å²) in [6.45, 7) is 0.382. The summed E-state index contributed by atoms with van der Waals surface area (Å²) in [7, 11) is 1.55. The van der Waals surface area contributed by atoms with Gasteiger partial charge in [-0.2, -0.15) is 0 Å². The van der Waals surface area contributed by atoms with Crippen molar-refractivity contribution in [3.63, 3.8) is 0 Å². The first-order chi connectivity index (χ1) is 8.08. The van der Waals surface area contributed by atoms with Crippen LogP contribution in [-0.4, -0.2) is 31.0 Å². The smallest absolute Gasteiger partial charge is 0.251 e. The molecule has 1 rings (SSSR count). The lowest BCUT2D eigenvalue weighted by atomic mass is 10.2. The van der Waals surface area contributed by atoms with Crippen LogP contribution in [0, 0.1) is 5.82 Å². The average molecular weight is 325 g/mol. The van der Waals surface area contributed by atoms with Crippen molar-refractivity contribution in [2.75, 3.05) is 19.0 Å². The van der Waals surface area contributed by atoms with Crippen LogP contribution in [-0.2, 0) is 4.74 Å². The highest BCUT2D eigenvalue weighted by atomic mass is 79.9. The summed E-state index contributed by atoms with van der Waals surface area (Å²) >= 11 is 8.79. The third-order valence-corrected chi connectivity index (χ3v) is 3.16. The van der Waals surface area contributed by atoms with E-state index in [-0.39, 0.29) is 22.5 Å². The van der Waals surface area contributed by atoms with E-state index in [1.54, 1.807) is 7.11 Å². The lowest BCUT2D eigenvalue weighted by molar-refractivity contribution is 0.0907. The van der Waals surface area contributed by atoms with Gasteiger partial charge in [-0.1, -0.05) is 27.5 Å². The van der Waals surface area contributed by atoms with Crippen molar-refractivity contribution < 1.29 is 13.9 Å². The maximum atomic E-state index is 13.2. The molecule has 1 unspecified atom stereocenters.